The van der Waals surface area contributed by atoms with Gasteiger partial charge in [-0.15, -0.1) is 0 Å². The Kier molecular flexibility index (Phi) is 3.49. The summed E-state index contributed by atoms with van der Waals surface area (Å²) in [5.74, 6) is 1.67. The van der Waals surface area contributed by atoms with Crippen LogP contribution >= 0.6 is 0 Å². The van der Waals surface area contributed by atoms with Crippen molar-refractivity contribution in [2.75, 3.05) is 13.7 Å². The third-order valence-electron chi connectivity index (χ3n) is 3.15. The highest BCUT2D eigenvalue weighted by Crippen LogP contribution is 2.36. The second kappa shape index (κ2) is 4.88. The Hall–Kier alpha value is -1.02. The summed E-state index contributed by atoms with van der Waals surface area (Å²) >= 11 is 0. The Morgan fingerprint density at radius 1 is 1.44 bits per heavy atom. The summed E-state index contributed by atoms with van der Waals surface area (Å²) < 4.78 is 5.88. The summed E-state index contributed by atoms with van der Waals surface area (Å²) in [6.07, 6.45) is 2.32. The second-order valence-corrected chi connectivity index (χ2v) is 4.91. The van der Waals surface area contributed by atoms with Crippen LogP contribution in [0.5, 0.6) is 5.75 Å². The van der Waals surface area contributed by atoms with Crippen molar-refractivity contribution in [3.63, 3.8) is 0 Å². The van der Waals surface area contributed by atoms with Crippen molar-refractivity contribution in [2.45, 2.75) is 32.7 Å². The molecule has 1 aliphatic rings. The molecule has 0 heterocycles. The molecule has 88 valence electrons. The van der Waals surface area contributed by atoms with Crippen LogP contribution in [0.4, 0.5) is 0 Å². The standard InChI is InChI=1S/C14H21NO/c1-10(2)9-16-14-6-4-5-11-12(14)7-8-13(11)15-3/h4-6,10,13,15H,7-9H2,1-3H3. The number of rotatable bonds is 4. The minimum absolute atomic E-state index is 0.512. The van der Waals surface area contributed by atoms with E-state index in [0.717, 1.165) is 18.8 Å². The Bertz CT molecular complexity index is 360. The molecule has 0 amide bonds. The first kappa shape index (κ1) is 11.5. The fraction of sp³-hybridized carbons (Fsp3) is 0.571. The first-order valence-corrected chi connectivity index (χ1v) is 6.14. The summed E-state index contributed by atoms with van der Waals surface area (Å²) in [5.41, 5.74) is 2.83. The van der Waals surface area contributed by atoms with E-state index in [1.165, 1.54) is 17.5 Å². The Morgan fingerprint density at radius 3 is 2.94 bits per heavy atom. The minimum atomic E-state index is 0.512. The van der Waals surface area contributed by atoms with Crippen molar-refractivity contribution in [1.29, 1.82) is 0 Å². The summed E-state index contributed by atoms with van der Waals surface area (Å²) in [4.78, 5) is 0. The van der Waals surface area contributed by atoms with Gasteiger partial charge in [0.15, 0.2) is 0 Å². The molecule has 0 bridgehead atoms. The fourth-order valence-corrected chi connectivity index (χ4v) is 2.31. The van der Waals surface area contributed by atoms with Crippen LogP contribution in [0, 0.1) is 5.92 Å². The molecule has 2 heteroatoms. The zero-order chi connectivity index (χ0) is 11.5. The van der Waals surface area contributed by atoms with Crippen molar-refractivity contribution >= 4 is 0 Å². The van der Waals surface area contributed by atoms with Crippen molar-refractivity contribution in [3.8, 4) is 5.75 Å². The molecule has 1 unspecified atom stereocenters. The fourth-order valence-electron chi connectivity index (χ4n) is 2.31. The molecule has 1 aliphatic carbocycles. The maximum absolute atomic E-state index is 5.88. The van der Waals surface area contributed by atoms with Crippen molar-refractivity contribution < 1.29 is 4.74 Å². The van der Waals surface area contributed by atoms with E-state index < -0.39 is 0 Å². The van der Waals surface area contributed by atoms with E-state index in [-0.39, 0.29) is 0 Å². The highest BCUT2D eigenvalue weighted by atomic mass is 16.5. The predicted molar refractivity (Wildman–Crippen MR) is 66.9 cm³/mol. The maximum atomic E-state index is 5.88. The van der Waals surface area contributed by atoms with Gasteiger partial charge in [0.1, 0.15) is 5.75 Å². The second-order valence-electron chi connectivity index (χ2n) is 4.91. The van der Waals surface area contributed by atoms with E-state index in [1.54, 1.807) is 0 Å². The topological polar surface area (TPSA) is 21.3 Å². The third-order valence-corrected chi connectivity index (χ3v) is 3.15. The quantitative estimate of drug-likeness (QED) is 0.840. The Morgan fingerprint density at radius 2 is 2.25 bits per heavy atom. The molecule has 0 saturated carbocycles. The van der Waals surface area contributed by atoms with Gasteiger partial charge in [0, 0.05) is 6.04 Å². The summed E-state index contributed by atoms with van der Waals surface area (Å²) in [7, 11) is 2.03. The number of hydrogen-bond acceptors (Lipinski definition) is 2. The van der Waals surface area contributed by atoms with Crippen LogP contribution in [0.3, 0.4) is 0 Å². The van der Waals surface area contributed by atoms with E-state index in [4.69, 9.17) is 4.74 Å². The molecule has 0 aliphatic heterocycles. The van der Waals surface area contributed by atoms with Crippen LogP contribution in [-0.4, -0.2) is 13.7 Å². The average molecular weight is 219 g/mol. The van der Waals surface area contributed by atoms with Crippen LogP contribution in [0.25, 0.3) is 0 Å². The average Bonchev–Trinajstić information content (AvgIpc) is 2.69. The molecule has 2 rings (SSSR count). The van der Waals surface area contributed by atoms with E-state index in [0.29, 0.717) is 12.0 Å². The molecule has 1 atom stereocenters. The molecule has 0 spiro atoms. The summed E-state index contributed by atoms with van der Waals surface area (Å²) in [6.45, 7) is 5.17. The highest BCUT2D eigenvalue weighted by molar-refractivity contribution is 5.45. The van der Waals surface area contributed by atoms with Crippen LogP contribution in [0.15, 0.2) is 18.2 Å². The van der Waals surface area contributed by atoms with Crippen molar-refractivity contribution in [2.24, 2.45) is 5.92 Å². The smallest absolute Gasteiger partial charge is 0.122 e. The molecule has 1 aromatic rings. The number of nitrogens with one attached hydrogen (secondary N) is 1. The largest absolute Gasteiger partial charge is 0.493 e. The van der Waals surface area contributed by atoms with Gasteiger partial charge in [-0.3, -0.25) is 0 Å². The summed E-state index contributed by atoms with van der Waals surface area (Å²) in [5, 5.41) is 3.36. The first-order chi connectivity index (χ1) is 7.72. The maximum Gasteiger partial charge on any atom is 0.122 e. The van der Waals surface area contributed by atoms with Gasteiger partial charge < -0.3 is 10.1 Å². The zero-order valence-electron chi connectivity index (χ0n) is 10.4. The van der Waals surface area contributed by atoms with Crippen molar-refractivity contribution in [3.05, 3.63) is 29.3 Å². The minimum Gasteiger partial charge on any atom is -0.493 e. The monoisotopic (exact) mass is 219 g/mol. The number of fused-ring (bicyclic) bond motifs is 1. The van der Waals surface area contributed by atoms with Crippen LogP contribution < -0.4 is 10.1 Å². The van der Waals surface area contributed by atoms with Gasteiger partial charge in [0.05, 0.1) is 6.61 Å². The van der Waals surface area contributed by atoms with Gasteiger partial charge in [-0.25, -0.2) is 0 Å². The molecule has 0 aromatic heterocycles. The molecule has 0 radical (unpaired) electrons. The number of hydrogen-bond donors (Lipinski definition) is 1. The van der Waals surface area contributed by atoms with Gasteiger partial charge in [0.25, 0.3) is 0 Å². The zero-order valence-corrected chi connectivity index (χ0v) is 10.4. The number of ether oxygens (including phenoxy) is 1. The summed E-state index contributed by atoms with van der Waals surface area (Å²) in [6, 6.07) is 6.92. The van der Waals surface area contributed by atoms with E-state index in [9.17, 15) is 0 Å². The molecular weight excluding hydrogens is 198 g/mol. The number of benzene rings is 1. The molecule has 1 aromatic carbocycles. The van der Waals surface area contributed by atoms with Crippen LogP contribution in [0.2, 0.25) is 0 Å². The Labute approximate surface area is 98.0 Å². The first-order valence-electron chi connectivity index (χ1n) is 6.14. The van der Waals surface area contributed by atoms with Crippen LogP contribution in [-0.2, 0) is 6.42 Å². The molecule has 0 saturated heterocycles. The lowest BCUT2D eigenvalue weighted by molar-refractivity contribution is 0.269. The molecular formula is C14H21NO. The predicted octanol–water partition coefficient (Wildman–Crippen LogP) is 2.93. The third kappa shape index (κ3) is 2.22. The van der Waals surface area contributed by atoms with E-state index in [1.807, 2.05) is 7.05 Å². The molecule has 16 heavy (non-hydrogen) atoms. The molecule has 2 nitrogen and oxygen atoms in total. The van der Waals surface area contributed by atoms with Gasteiger partial charge in [-0.2, -0.15) is 0 Å². The lowest BCUT2D eigenvalue weighted by Crippen LogP contribution is -2.12. The lowest BCUT2D eigenvalue weighted by atomic mass is 10.1. The molecule has 1 N–H and O–H groups in total. The van der Waals surface area contributed by atoms with Crippen LogP contribution in [0.1, 0.15) is 37.4 Å². The molecule has 0 fully saturated rings. The van der Waals surface area contributed by atoms with Gasteiger partial charge >= 0.3 is 0 Å². The highest BCUT2D eigenvalue weighted by Gasteiger charge is 2.23. The van der Waals surface area contributed by atoms with Crippen molar-refractivity contribution in [1.82, 2.24) is 5.32 Å². The van der Waals surface area contributed by atoms with E-state index in [2.05, 4.69) is 37.4 Å². The Balaban J connectivity index is 2.18. The normalized spacial score (nSPS) is 18.9. The SMILES string of the molecule is CNC1CCc2c(OCC(C)C)cccc21. The lowest BCUT2D eigenvalue weighted by Gasteiger charge is -2.14. The van der Waals surface area contributed by atoms with E-state index >= 15 is 0 Å². The van der Waals surface area contributed by atoms with Gasteiger partial charge in [-0.05, 0) is 43.0 Å². The van der Waals surface area contributed by atoms with Gasteiger partial charge in [-0.1, -0.05) is 26.0 Å². The van der Waals surface area contributed by atoms with Gasteiger partial charge in [0.2, 0.25) is 0 Å².